The van der Waals surface area contributed by atoms with E-state index >= 15 is 0 Å². The Labute approximate surface area is 120 Å². The number of aromatic nitrogens is 1. The molecule has 5 heteroatoms. The second-order valence-electron chi connectivity index (χ2n) is 5.63. The molecule has 0 saturated carbocycles. The lowest BCUT2D eigenvalue weighted by Gasteiger charge is -2.32. The molecule has 2 saturated heterocycles. The molecule has 0 amide bonds. The Morgan fingerprint density at radius 2 is 2.15 bits per heavy atom. The fraction of sp³-hybridized carbons (Fsp3) is 0.667. The van der Waals surface area contributed by atoms with Crippen LogP contribution in [0.15, 0.2) is 18.3 Å². The highest BCUT2D eigenvalue weighted by Gasteiger charge is 2.28. The number of ether oxygens (including phenoxy) is 1. The van der Waals surface area contributed by atoms with Crippen LogP contribution in [-0.4, -0.2) is 67.3 Å². The van der Waals surface area contributed by atoms with Crippen molar-refractivity contribution < 1.29 is 4.74 Å². The average molecular weight is 276 g/mol. The van der Waals surface area contributed by atoms with Crippen LogP contribution in [0.3, 0.4) is 0 Å². The molecule has 1 aromatic heterocycles. The molecule has 0 radical (unpaired) electrons. The number of nitrogens with one attached hydrogen (secondary N) is 1. The van der Waals surface area contributed by atoms with Crippen LogP contribution in [0.2, 0.25) is 0 Å². The minimum Gasteiger partial charge on any atom is -0.379 e. The Morgan fingerprint density at radius 3 is 2.85 bits per heavy atom. The fourth-order valence-electron chi connectivity index (χ4n) is 3.12. The van der Waals surface area contributed by atoms with E-state index in [0.717, 1.165) is 38.7 Å². The first-order chi connectivity index (χ1) is 9.85. The van der Waals surface area contributed by atoms with Crippen molar-refractivity contribution >= 4 is 5.82 Å². The summed E-state index contributed by atoms with van der Waals surface area (Å²) in [5.74, 6) is 0.932. The summed E-state index contributed by atoms with van der Waals surface area (Å²) in [6.07, 6.45) is 3.26. The number of likely N-dealkylation sites (tertiary alicyclic amines) is 1. The molecule has 0 spiro atoms. The van der Waals surface area contributed by atoms with Gasteiger partial charge in [-0.2, -0.15) is 0 Å². The first kappa shape index (κ1) is 13.8. The largest absolute Gasteiger partial charge is 0.379 e. The van der Waals surface area contributed by atoms with E-state index in [0.29, 0.717) is 6.04 Å². The van der Waals surface area contributed by atoms with E-state index in [4.69, 9.17) is 4.74 Å². The third-order valence-electron chi connectivity index (χ3n) is 4.30. The number of rotatable bonds is 4. The summed E-state index contributed by atoms with van der Waals surface area (Å²) in [5, 5.41) is 3.05. The second kappa shape index (κ2) is 6.52. The standard InChI is InChI=1S/C15H24N4O/c1-16-15-3-2-13(10-17-15)11-18-5-4-14(12-18)19-6-8-20-9-7-19/h2-3,10,14H,4-9,11-12H2,1H3,(H,16,17). The lowest BCUT2D eigenvalue weighted by molar-refractivity contribution is 0.0184. The van der Waals surface area contributed by atoms with Gasteiger partial charge in [0.05, 0.1) is 13.2 Å². The summed E-state index contributed by atoms with van der Waals surface area (Å²) >= 11 is 0. The number of pyridine rings is 1. The molecule has 0 aliphatic carbocycles. The molecule has 1 aromatic rings. The van der Waals surface area contributed by atoms with Gasteiger partial charge in [-0.3, -0.25) is 9.80 Å². The zero-order valence-electron chi connectivity index (χ0n) is 12.2. The van der Waals surface area contributed by atoms with Crippen molar-refractivity contribution in [3.05, 3.63) is 23.9 Å². The van der Waals surface area contributed by atoms with Crippen LogP contribution in [0.1, 0.15) is 12.0 Å². The third kappa shape index (κ3) is 3.29. The summed E-state index contributed by atoms with van der Waals surface area (Å²) in [7, 11) is 1.90. The Morgan fingerprint density at radius 1 is 1.30 bits per heavy atom. The molecule has 2 aliphatic heterocycles. The van der Waals surface area contributed by atoms with E-state index in [-0.39, 0.29) is 0 Å². The molecule has 3 rings (SSSR count). The van der Waals surface area contributed by atoms with Gasteiger partial charge in [0, 0.05) is 52.0 Å². The third-order valence-corrected chi connectivity index (χ3v) is 4.30. The first-order valence-electron chi connectivity index (χ1n) is 7.52. The molecule has 110 valence electrons. The highest BCUT2D eigenvalue weighted by atomic mass is 16.5. The zero-order chi connectivity index (χ0) is 13.8. The number of morpholine rings is 1. The van der Waals surface area contributed by atoms with E-state index in [1.54, 1.807) is 0 Å². The van der Waals surface area contributed by atoms with Crippen molar-refractivity contribution in [1.82, 2.24) is 14.8 Å². The predicted octanol–water partition coefficient (Wildman–Crippen LogP) is 1.03. The predicted molar refractivity (Wildman–Crippen MR) is 79.9 cm³/mol. The van der Waals surface area contributed by atoms with Crippen LogP contribution in [0.25, 0.3) is 0 Å². The maximum atomic E-state index is 5.43. The van der Waals surface area contributed by atoms with Crippen molar-refractivity contribution in [3.8, 4) is 0 Å². The summed E-state index contributed by atoms with van der Waals surface area (Å²) in [6.45, 7) is 7.35. The molecule has 0 aromatic carbocycles. The summed E-state index contributed by atoms with van der Waals surface area (Å²) < 4.78 is 5.43. The molecule has 5 nitrogen and oxygen atoms in total. The van der Waals surface area contributed by atoms with E-state index in [1.165, 1.54) is 25.1 Å². The molecule has 2 fully saturated rings. The summed E-state index contributed by atoms with van der Waals surface area (Å²) in [4.78, 5) is 9.51. The van der Waals surface area contributed by atoms with Crippen LogP contribution >= 0.6 is 0 Å². The maximum absolute atomic E-state index is 5.43. The van der Waals surface area contributed by atoms with E-state index < -0.39 is 0 Å². The lowest BCUT2D eigenvalue weighted by Crippen LogP contribution is -2.44. The van der Waals surface area contributed by atoms with Gasteiger partial charge in [0.25, 0.3) is 0 Å². The Hall–Kier alpha value is -1.17. The quantitative estimate of drug-likeness (QED) is 0.889. The van der Waals surface area contributed by atoms with E-state index in [1.807, 2.05) is 19.3 Å². The molecule has 0 bridgehead atoms. The van der Waals surface area contributed by atoms with Crippen LogP contribution in [0, 0.1) is 0 Å². The van der Waals surface area contributed by atoms with Crippen LogP contribution in [-0.2, 0) is 11.3 Å². The maximum Gasteiger partial charge on any atom is 0.125 e. The molecular weight excluding hydrogens is 252 g/mol. The fourth-order valence-corrected chi connectivity index (χ4v) is 3.12. The zero-order valence-corrected chi connectivity index (χ0v) is 12.2. The van der Waals surface area contributed by atoms with Gasteiger partial charge in [0.1, 0.15) is 5.82 Å². The average Bonchev–Trinajstić information content (AvgIpc) is 2.97. The van der Waals surface area contributed by atoms with Gasteiger partial charge in [0.2, 0.25) is 0 Å². The molecule has 1 unspecified atom stereocenters. The first-order valence-corrected chi connectivity index (χ1v) is 7.52. The highest BCUT2D eigenvalue weighted by Crippen LogP contribution is 2.19. The normalized spacial score (nSPS) is 24.9. The molecule has 1 N–H and O–H groups in total. The smallest absolute Gasteiger partial charge is 0.125 e. The van der Waals surface area contributed by atoms with Crippen LogP contribution < -0.4 is 5.32 Å². The summed E-state index contributed by atoms with van der Waals surface area (Å²) in [5.41, 5.74) is 1.30. The Balaban J connectivity index is 1.51. The van der Waals surface area contributed by atoms with Crippen LogP contribution in [0.4, 0.5) is 5.82 Å². The van der Waals surface area contributed by atoms with Crippen molar-refractivity contribution in [2.75, 3.05) is 51.8 Å². The second-order valence-corrected chi connectivity index (χ2v) is 5.63. The molecular formula is C15H24N4O. The van der Waals surface area contributed by atoms with Gasteiger partial charge >= 0.3 is 0 Å². The van der Waals surface area contributed by atoms with Crippen LogP contribution in [0.5, 0.6) is 0 Å². The highest BCUT2D eigenvalue weighted by molar-refractivity contribution is 5.34. The monoisotopic (exact) mass is 276 g/mol. The van der Waals surface area contributed by atoms with Gasteiger partial charge in [-0.15, -0.1) is 0 Å². The molecule has 3 heterocycles. The van der Waals surface area contributed by atoms with Gasteiger partial charge < -0.3 is 10.1 Å². The van der Waals surface area contributed by atoms with E-state index in [2.05, 4.69) is 26.2 Å². The SMILES string of the molecule is CNc1ccc(CN2CCC(N3CCOCC3)C2)cn1. The molecule has 20 heavy (non-hydrogen) atoms. The number of anilines is 1. The number of nitrogens with zero attached hydrogens (tertiary/aromatic N) is 3. The minimum absolute atomic E-state index is 0.712. The molecule has 1 atom stereocenters. The van der Waals surface area contributed by atoms with Crippen molar-refractivity contribution in [1.29, 1.82) is 0 Å². The number of hydrogen-bond acceptors (Lipinski definition) is 5. The van der Waals surface area contributed by atoms with E-state index in [9.17, 15) is 0 Å². The number of hydrogen-bond donors (Lipinski definition) is 1. The van der Waals surface area contributed by atoms with Gasteiger partial charge in [-0.25, -0.2) is 4.98 Å². The van der Waals surface area contributed by atoms with Gasteiger partial charge in [-0.1, -0.05) is 6.07 Å². The van der Waals surface area contributed by atoms with Gasteiger partial charge in [-0.05, 0) is 18.1 Å². The lowest BCUT2D eigenvalue weighted by atomic mass is 10.2. The Kier molecular flexibility index (Phi) is 4.50. The van der Waals surface area contributed by atoms with Gasteiger partial charge in [0.15, 0.2) is 0 Å². The van der Waals surface area contributed by atoms with Crippen molar-refractivity contribution in [3.63, 3.8) is 0 Å². The topological polar surface area (TPSA) is 40.6 Å². The Bertz CT molecular complexity index is 416. The van der Waals surface area contributed by atoms with Crippen molar-refractivity contribution in [2.24, 2.45) is 0 Å². The minimum atomic E-state index is 0.712. The van der Waals surface area contributed by atoms with Crippen molar-refractivity contribution in [2.45, 2.75) is 19.0 Å². The molecule has 2 aliphatic rings. The summed E-state index contributed by atoms with van der Waals surface area (Å²) in [6, 6.07) is 4.93.